The summed E-state index contributed by atoms with van der Waals surface area (Å²) in [7, 11) is -0.863. The number of carbonyl (C=O) groups is 2. The summed E-state index contributed by atoms with van der Waals surface area (Å²) in [5.41, 5.74) is 1.55. The quantitative estimate of drug-likeness (QED) is 0.433. The zero-order valence-electron chi connectivity index (χ0n) is 20.5. The van der Waals surface area contributed by atoms with E-state index in [1.54, 1.807) is 31.2 Å². The number of aromatic nitrogens is 2. The van der Waals surface area contributed by atoms with Gasteiger partial charge in [-0.25, -0.2) is 27.9 Å². The summed E-state index contributed by atoms with van der Waals surface area (Å²) in [6, 6.07) is 12.1. The third-order valence-corrected chi connectivity index (χ3v) is 6.92. The Kier molecular flexibility index (Phi) is 7.43. The lowest BCUT2D eigenvalue weighted by Crippen LogP contribution is -2.37. The van der Waals surface area contributed by atoms with E-state index in [1.807, 2.05) is 0 Å². The van der Waals surface area contributed by atoms with Crippen molar-refractivity contribution in [3.05, 3.63) is 60.4 Å². The van der Waals surface area contributed by atoms with Crippen LogP contribution in [0.2, 0.25) is 0 Å². The first-order chi connectivity index (χ1) is 17.7. The average molecular weight is 527 g/mol. The highest BCUT2D eigenvalue weighted by Gasteiger charge is 2.32. The van der Waals surface area contributed by atoms with Crippen LogP contribution in [-0.2, 0) is 14.8 Å². The third-order valence-electron chi connectivity index (χ3n) is 5.58. The molecule has 0 saturated carbocycles. The van der Waals surface area contributed by atoms with Gasteiger partial charge in [0.05, 0.1) is 24.8 Å². The molecule has 3 amide bonds. The molecule has 0 radical (unpaired) electrons. The van der Waals surface area contributed by atoms with Crippen molar-refractivity contribution in [2.45, 2.75) is 11.8 Å². The van der Waals surface area contributed by atoms with Crippen molar-refractivity contribution in [2.24, 2.45) is 0 Å². The van der Waals surface area contributed by atoms with Gasteiger partial charge in [0.1, 0.15) is 18.0 Å². The van der Waals surface area contributed by atoms with Crippen LogP contribution in [0.5, 0.6) is 11.5 Å². The van der Waals surface area contributed by atoms with Gasteiger partial charge in [0.2, 0.25) is 11.9 Å². The number of amides is 3. The maximum absolute atomic E-state index is 13.0. The van der Waals surface area contributed by atoms with E-state index in [0.717, 1.165) is 0 Å². The molecule has 2 aromatic carbocycles. The van der Waals surface area contributed by atoms with Crippen LogP contribution in [0.1, 0.15) is 5.69 Å². The van der Waals surface area contributed by atoms with Crippen molar-refractivity contribution < 1.29 is 27.5 Å². The molecule has 2 heterocycles. The Bertz CT molecular complexity index is 1410. The molecule has 0 spiro atoms. The Morgan fingerprint density at radius 3 is 2.49 bits per heavy atom. The first kappa shape index (κ1) is 25.7. The van der Waals surface area contributed by atoms with Gasteiger partial charge in [-0.3, -0.25) is 9.69 Å². The van der Waals surface area contributed by atoms with E-state index >= 15 is 0 Å². The number of nitrogens with zero attached hydrogens (tertiary/aromatic N) is 4. The summed E-state index contributed by atoms with van der Waals surface area (Å²) in [4.78, 5) is 36.5. The highest BCUT2D eigenvalue weighted by Crippen LogP contribution is 2.34. The number of ether oxygens (including phenoxy) is 2. The van der Waals surface area contributed by atoms with Crippen molar-refractivity contribution in [2.75, 3.05) is 48.8 Å². The van der Waals surface area contributed by atoms with Crippen LogP contribution >= 0.6 is 0 Å². The van der Waals surface area contributed by atoms with Gasteiger partial charge in [-0.15, -0.1) is 0 Å². The molecule has 0 atom stereocenters. The summed E-state index contributed by atoms with van der Waals surface area (Å²) < 4.78 is 38.1. The molecule has 12 nitrogen and oxygen atoms in total. The number of anilines is 3. The van der Waals surface area contributed by atoms with Crippen molar-refractivity contribution in [1.29, 1.82) is 0 Å². The first-order valence-corrected chi connectivity index (χ1v) is 12.7. The maximum Gasteiger partial charge on any atom is 0.325 e. The number of carbonyl (C=O) groups excluding carboxylic acids is 2. The molecule has 0 bridgehead atoms. The lowest BCUT2D eigenvalue weighted by molar-refractivity contribution is -0.116. The first-order valence-electron chi connectivity index (χ1n) is 11.2. The predicted octanol–water partition coefficient (Wildman–Crippen LogP) is 2.48. The number of urea groups is 1. The van der Waals surface area contributed by atoms with Gasteiger partial charge in [-0.2, -0.15) is 0 Å². The number of aryl methyl sites for hydroxylation is 1. The molecule has 13 heteroatoms. The van der Waals surface area contributed by atoms with Gasteiger partial charge < -0.3 is 19.7 Å². The molecule has 2 N–H and O–H groups in total. The Morgan fingerprint density at radius 1 is 1.05 bits per heavy atom. The van der Waals surface area contributed by atoms with E-state index < -0.39 is 15.9 Å². The third kappa shape index (κ3) is 5.89. The van der Waals surface area contributed by atoms with Gasteiger partial charge in [0, 0.05) is 36.7 Å². The molecule has 3 aromatic rings. The number of hydrogen-bond donors (Lipinski definition) is 2. The molecule has 1 aliphatic heterocycles. The van der Waals surface area contributed by atoms with Gasteiger partial charge in [-0.05, 0) is 49.4 Å². The molecule has 0 aliphatic carbocycles. The second-order valence-corrected chi connectivity index (χ2v) is 9.78. The standard InChI is InChI=1S/C24H26N6O6S/c1-16-10-11-25-23(26-16)28-37(33,34)19-7-4-17(5-8-19)27-22(31)15-29-12-13-30(24(29)32)20-14-18(35-2)6-9-21(20)36-3/h4-11,14H,12-13,15H2,1-3H3,(H,27,31)(H,25,26,28). The van der Waals surface area contributed by atoms with Gasteiger partial charge in [0.15, 0.2) is 0 Å². The van der Waals surface area contributed by atoms with Gasteiger partial charge in [0.25, 0.3) is 10.0 Å². The van der Waals surface area contributed by atoms with E-state index in [4.69, 9.17) is 9.47 Å². The van der Waals surface area contributed by atoms with Crippen LogP contribution < -0.4 is 24.4 Å². The second-order valence-electron chi connectivity index (χ2n) is 8.09. The number of benzene rings is 2. The largest absolute Gasteiger partial charge is 0.497 e. The Balaban J connectivity index is 1.37. The van der Waals surface area contributed by atoms with Crippen molar-refractivity contribution in [3.8, 4) is 11.5 Å². The minimum Gasteiger partial charge on any atom is -0.497 e. The molecule has 1 fully saturated rings. The molecular formula is C24H26N6O6S. The van der Waals surface area contributed by atoms with Crippen molar-refractivity contribution in [3.63, 3.8) is 0 Å². The van der Waals surface area contributed by atoms with Crippen LogP contribution in [0, 0.1) is 6.92 Å². The fraction of sp³-hybridized carbons (Fsp3) is 0.250. The summed E-state index contributed by atoms with van der Waals surface area (Å²) in [6.45, 7) is 2.27. The van der Waals surface area contributed by atoms with E-state index in [9.17, 15) is 18.0 Å². The minimum atomic E-state index is -3.91. The van der Waals surface area contributed by atoms with Gasteiger partial charge in [-0.1, -0.05) is 0 Å². The number of methoxy groups -OCH3 is 2. The lowest BCUT2D eigenvalue weighted by Gasteiger charge is -2.21. The van der Waals surface area contributed by atoms with Crippen LogP contribution in [0.15, 0.2) is 59.6 Å². The zero-order valence-corrected chi connectivity index (χ0v) is 21.3. The van der Waals surface area contributed by atoms with E-state index in [2.05, 4.69) is 20.0 Å². The van der Waals surface area contributed by atoms with Gasteiger partial charge >= 0.3 is 6.03 Å². The summed E-state index contributed by atoms with van der Waals surface area (Å²) >= 11 is 0. The number of sulfonamides is 1. The van der Waals surface area contributed by atoms with Crippen LogP contribution in [-0.4, -0.2) is 69.1 Å². The maximum atomic E-state index is 13.0. The highest BCUT2D eigenvalue weighted by molar-refractivity contribution is 7.92. The average Bonchev–Trinajstić information content (AvgIpc) is 3.23. The SMILES string of the molecule is COc1ccc(OC)c(N2CCN(CC(=O)Nc3ccc(S(=O)(=O)Nc4nccc(C)n4)cc3)C2=O)c1. The smallest absolute Gasteiger partial charge is 0.325 e. The molecule has 4 rings (SSSR count). The van der Waals surface area contributed by atoms with Crippen molar-refractivity contribution in [1.82, 2.24) is 14.9 Å². The normalized spacial score (nSPS) is 13.4. The minimum absolute atomic E-state index is 0.0202. The molecule has 37 heavy (non-hydrogen) atoms. The molecule has 0 unspecified atom stereocenters. The molecule has 1 saturated heterocycles. The van der Waals surface area contributed by atoms with Crippen molar-refractivity contribution >= 4 is 39.3 Å². The molecule has 1 aromatic heterocycles. The highest BCUT2D eigenvalue weighted by atomic mass is 32.2. The zero-order chi connectivity index (χ0) is 26.6. The summed E-state index contributed by atoms with van der Waals surface area (Å²) in [6.07, 6.45) is 1.45. The molecule has 194 valence electrons. The van der Waals surface area contributed by atoms with Crippen LogP contribution in [0.4, 0.5) is 22.1 Å². The fourth-order valence-corrected chi connectivity index (χ4v) is 4.68. The molecule has 1 aliphatic rings. The Labute approximate surface area is 214 Å². The topological polar surface area (TPSA) is 143 Å². The van der Waals surface area contributed by atoms with E-state index in [-0.39, 0.29) is 23.4 Å². The summed E-state index contributed by atoms with van der Waals surface area (Å²) in [5.74, 6) is 0.633. The van der Waals surface area contributed by atoms with Crippen LogP contribution in [0.25, 0.3) is 0 Å². The number of hydrogen-bond acceptors (Lipinski definition) is 8. The van der Waals surface area contributed by atoms with E-state index in [1.165, 1.54) is 54.5 Å². The second kappa shape index (κ2) is 10.7. The molecular weight excluding hydrogens is 500 g/mol. The van der Waals surface area contributed by atoms with E-state index in [0.29, 0.717) is 41.7 Å². The van der Waals surface area contributed by atoms with Crippen LogP contribution in [0.3, 0.4) is 0 Å². The number of rotatable bonds is 9. The monoisotopic (exact) mass is 526 g/mol. The lowest BCUT2D eigenvalue weighted by atomic mass is 10.2. The fourth-order valence-electron chi connectivity index (χ4n) is 3.73. The summed E-state index contributed by atoms with van der Waals surface area (Å²) in [5, 5.41) is 2.68. The predicted molar refractivity (Wildman–Crippen MR) is 137 cm³/mol. The Hall–Kier alpha value is -4.39. The number of nitrogens with one attached hydrogen (secondary N) is 2. The Morgan fingerprint density at radius 2 is 1.81 bits per heavy atom.